The van der Waals surface area contributed by atoms with Crippen molar-refractivity contribution in [2.45, 2.75) is 6.92 Å². The minimum absolute atomic E-state index is 0.102. The zero-order valence-electron chi connectivity index (χ0n) is 12.9. The second-order valence-electron chi connectivity index (χ2n) is 4.78. The molecule has 0 N–H and O–H groups in total. The van der Waals surface area contributed by atoms with Gasteiger partial charge in [-0.05, 0) is 42.3 Å². The smallest absolute Gasteiger partial charge is 0.338 e. The third-order valence-corrected chi connectivity index (χ3v) is 3.04. The first kappa shape index (κ1) is 17.0. The number of ether oxygens (including phenoxy) is 3. The summed E-state index contributed by atoms with van der Waals surface area (Å²) in [6, 6.07) is 11.5. The minimum atomic E-state index is -0.617. The number of carbonyl (C=O) groups excluding carboxylic acids is 3. The van der Waals surface area contributed by atoms with Crippen molar-refractivity contribution in [1.82, 2.24) is 0 Å². The highest BCUT2D eigenvalue weighted by atomic mass is 16.6. The van der Waals surface area contributed by atoms with E-state index in [2.05, 4.69) is 6.58 Å². The Kier molecular flexibility index (Phi) is 5.46. The van der Waals surface area contributed by atoms with Crippen LogP contribution < -0.4 is 14.2 Å². The van der Waals surface area contributed by atoms with Gasteiger partial charge in [0, 0.05) is 5.57 Å². The number of hydrogen-bond donors (Lipinski definition) is 0. The zero-order chi connectivity index (χ0) is 17.5. The van der Waals surface area contributed by atoms with Gasteiger partial charge in [-0.25, -0.2) is 4.79 Å². The molecule has 0 heterocycles. The van der Waals surface area contributed by atoms with E-state index >= 15 is 0 Å². The van der Waals surface area contributed by atoms with Crippen LogP contribution in [0.2, 0.25) is 0 Å². The zero-order valence-corrected chi connectivity index (χ0v) is 12.9. The van der Waals surface area contributed by atoms with E-state index in [1.807, 2.05) is 0 Å². The van der Waals surface area contributed by atoms with Gasteiger partial charge < -0.3 is 14.2 Å². The van der Waals surface area contributed by atoms with Crippen molar-refractivity contribution in [3.05, 3.63) is 54.6 Å². The molecule has 0 aliphatic heterocycles. The Morgan fingerprint density at radius 2 is 1.54 bits per heavy atom. The molecule has 0 amide bonds. The molecule has 2 aromatic carbocycles. The van der Waals surface area contributed by atoms with Crippen LogP contribution in [0.4, 0.5) is 0 Å². The maximum absolute atomic E-state index is 11.6. The molecule has 0 saturated heterocycles. The topological polar surface area (TPSA) is 78.9 Å². The Hall–Kier alpha value is -3.41. The normalized spacial score (nSPS) is 9.71. The lowest BCUT2D eigenvalue weighted by atomic mass is 10.1. The van der Waals surface area contributed by atoms with E-state index in [0.717, 1.165) is 11.1 Å². The number of rotatable bonds is 7. The van der Waals surface area contributed by atoms with Crippen LogP contribution in [-0.2, 0) is 14.4 Å². The van der Waals surface area contributed by atoms with Crippen LogP contribution in [0.1, 0.15) is 6.92 Å². The predicted octanol–water partition coefficient (Wildman–Crippen LogP) is 2.91. The predicted molar refractivity (Wildman–Crippen MR) is 85.7 cm³/mol. The average Bonchev–Trinajstić information content (AvgIpc) is 2.57. The lowest BCUT2D eigenvalue weighted by molar-refractivity contribution is -0.130. The molecule has 2 rings (SSSR count). The Morgan fingerprint density at radius 3 is 2.12 bits per heavy atom. The van der Waals surface area contributed by atoms with Gasteiger partial charge in [-0.3, -0.25) is 9.59 Å². The highest BCUT2D eigenvalue weighted by Crippen LogP contribution is 2.33. The summed E-state index contributed by atoms with van der Waals surface area (Å²) < 4.78 is 14.7. The lowest BCUT2D eigenvalue weighted by Gasteiger charge is -2.10. The van der Waals surface area contributed by atoms with Gasteiger partial charge in [-0.1, -0.05) is 24.8 Å². The molecule has 24 heavy (non-hydrogen) atoms. The minimum Gasteiger partial charge on any atom is -0.429 e. The van der Waals surface area contributed by atoms with Crippen LogP contribution in [0.5, 0.6) is 17.2 Å². The molecule has 0 radical (unpaired) electrons. The second-order valence-corrected chi connectivity index (χ2v) is 4.78. The van der Waals surface area contributed by atoms with Crippen molar-refractivity contribution in [3.8, 4) is 28.4 Å². The van der Waals surface area contributed by atoms with Crippen molar-refractivity contribution in [2.24, 2.45) is 0 Å². The molecule has 6 heteroatoms. The maximum atomic E-state index is 11.6. The van der Waals surface area contributed by atoms with Crippen LogP contribution >= 0.6 is 0 Å². The van der Waals surface area contributed by atoms with Gasteiger partial charge in [0.05, 0.1) is 0 Å². The van der Waals surface area contributed by atoms with Crippen LogP contribution in [0, 0.1) is 0 Å². The summed E-state index contributed by atoms with van der Waals surface area (Å²) in [6.45, 7) is 5.60. The van der Waals surface area contributed by atoms with Gasteiger partial charge in [-0.2, -0.15) is 0 Å². The van der Waals surface area contributed by atoms with Crippen molar-refractivity contribution >= 4 is 18.9 Å². The van der Waals surface area contributed by atoms with Gasteiger partial charge in [-0.15, -0.1) is 0 Å². The lowest BCUT2D eigenvalue weighted by Crippen LogP contribution is -2.09. The summed E-state index contributed by atoms with van der Waals surface area (Å²) in [6.07, 6.45) is 0. The Balaban J connectivity index is 2.33. The number of benzene rings is 2. The van der Waals surface area contributed by atoms with Gasteiger partial charge >= 0.3 is 5.97 Å². The van der Waals surface area contributed by atoms with Gasteiger partial charge in [0.2, 0.25) is 0 Å². The summed E-state index contributed by atoms with van der Waals surface area (Å²) in [5.41, 5.74) is 1.74. The van der Waals surface area contributed by atoms with E-state index < -0.39 is 5.97 Å². The van der Waals surface area contributed by atoms with E-state index in [9.17, 15) is 14.4 Å². The Labute approximate surface area is 138 Å². The molecule has 0 spiro atoms. The third kappa shape index (κ3) is 4.07. The van der Waals surface area contributed by atoms with E-state index in [1.54, 1.807) is 36.4 Å². The molecule has 2 aromatic rings. The molecule has 0 aliphatic carbocycles. The largest absolute Gasteiger partial charge is 0.429 e. The fourth-order valence-electron chi connectivity index (χ4n) is 1.88. The summed E-state index contributed by atoms with van der Waals surface area (Å²) >= 11 is 0. The van der Waals surface area contributed by atoms with Crippen molar-refractivity contribution < 1.29 is 28.6 Å². The first-order chi connectivity index (χ1) is 11.5. The molecule has 6 nitrogen and oxygen atoms in total. The van der Waals surface area contributed by atoms with Gasteiger partial charge in [0.25, 0.3) is 12.9 Å². The molecule has 0 aromatic heterocycles. The molecule has 122 valence electrons. The Bertz CT molecular complexity index is 777. The second kappa shape index (κ2) is 7.73. The van der Waals surface area contributed by atoms with E-state index in [0.29, 0.717) is 12.2 Å². The Morgan fingerprint density at radius 1 is 0.917 bits per heavy atom. The molecule has 0 aliphatic rings. The maximum Gasteiger partial charge on any atom is 0.338 e. The summed E-state index contributed by atoms with van der Waals surface area (Å²) in [5, 5.41) is 0. The summed E-state index contributed by atoms with van der Waals surface area (Å²) in [7, 11) is 0. The van der Waals surface area contributed by atoms with Crippen molar-refractivity contribution in [1.29, 1.82) is 0 Å². The van der Waals surface area contributed by atoms with Crippen molar-refractivity contribution in [3.63, 3.8) is 0 Å². The average molecular weight is 326 g/mol. The quantitative estimate of drug-likeness (QED) is 0.337. The molecule has 0 atom stereocenters. The molecule has 0 bridgehead atoms. The van der Waals surface area contributed by atoms with E-state index in [1.165, 1.54) is 13.0 Å². The molecule has 0 unspecified atom stereocenters. The SMILES string of the molecule is C=C(C)C(=O)Oc1ccc(-c2ccc(OC=O)cc2)cc1OC=O. The fraction of sp³-hybridized carbons (Fsp3) is 0.0556. The molecular formula is C18H14O6. The third-order valence-electron chi connectivity index (χ3n) is 3.04. The summed E-state index contributed by atoms with van der Waals surface area (Å²) in [5.74, 6) is 0.00376. The van der Waals surface area contributed by atoms with Crippen LogP contribution in [0.3, 0.4) is 0 Å². The van der Waals surface area contributed by atoms with Gasteiger partial charge in [0.1, 0.15) is 5.75 Å². The number of esters is 1. The number of hydrogen-bond acceptors (Lipinski definition) is 6. The van der Waals surface area contributed by atoms with Crippen molar-refractivity contribution in [2.75, 3.05) is 0 Å². The van der Waals surface area contributed by atoms with Crippen LogP contribution in [0.15, 0.2) is 54.6 Å². The first-order valence-electron chi connectivity index (χ1n) is 6.88. The van der Waals surface area contributed by atoms with Crippen LogP contribution in [-0.4, -0.2) is 18.9 Å². The standard InChI is InChI=1S/C18H14O6/c1-12(2)18(21)24-16-8-5-14(9-17(16)23-11-20)13-3-6-15(7-4-13)22-10-19/h3-11H,1H2,2H3. The van der Waals surface area contributed by atoms with Crippen LogP contribution in [0.25, 0.3) is 11.1 Å². The molecule has 0 fully saturated rings. The fourth-order valence-corrected chi connectivity index (χ4v) is 1.88. The highest BCUT2D eigenvalue weighted by Gasteiger charge is 2.13. The number of carbonyl (C=O) groups is 3. The van der Waals surface area contributed by atoms with Gasteiger partial charge in [0.15, 0.2) is 11.5 Å². The highest BCUT2D eigenvalue weighted by molar-refractivity contribution is 5.89. The first-order valence-corrected chi connectivity index (χ1v) is 6.88. The molecular weight excluding hydrogens is 312 g/mol. The summed E-state index contributed by atoms with van der Waals surface area (Å²) in [4.78, 5) is 32.6. The monoisotopic (exact) mass is 326 g/mol. The van der Waals surface area contributed by atoms with E-state index in [-0.39, 0.29) is 23.5 Å². The van der Waals surface area contributed by atoms with E-state index in [4.69, 9.17) is 14.2 Å². The molecule has 0 saturated carbocycles.